The quantitative estimate of drug-likeness (QED) is 0.702. The van der Waals surface area contributed by atoms with Gasteiger partial charge in [0.1, 0.15) is 17.9 Å². The minimum atomic E-state index is -0.271. The van der Waals surface area contributed by atoms with Crippen molar-refractivity contribution < 1.29 is 13.9 Å². The Bertz CT molecular complexity index is 821. The molecule has 4 heteroatoms. The first-order valence-electron chi connectivity index (χ1n) is 7.37. The highest BCUT2D eigenvalue weighted by molar-refractivity contribution is 5.99. The SMILES string of the molecule is C=CCNC(=O)c1oc2ccccc2c1COc1ccccc1. The molecule has 1 N–H and O–H groups in total. The van der Waals surface area contributed by atoms with Crippen LogP contribution in [-0.2, 0) is 6.61 Å². The molecule has 1 aromatic heterocycles. The number of para-hydroxylation sites is 2. The zero-order chi connectivity index (χ0) is 16.1. The van der Waals surface area contributed by atoms with E-state index in [1.54, 1.807) is 6.08 Å². The van der Waals surface area contributed by atoms with Crippen LogP contribution in [0.5, 0.6) is 5.75 Å². The number of rotatable bonds is 6. The third-order valence-corrected chi connectivity index (χ3v) is 3.44. The van der Waals surface area contributed by atoms with Crippen LogP contribution < -0.4 is 10.1 Å². The minimum Gasteiger partial charge on any atom is -0.489 e. The van der Waals surface area contributed by atoms with Gasteiger partial charge in [0.05, 0.1) is 0 Å². The number of carbonyl (C=O) groups is 1. The average molecular weight is 307 g/mol. The van der Waals surface area contributed by atoms with Crippen molar-refractivity contribution in [1.82, 2.24) is 5.32 Å². The molecule has 0 aliphatic carbocycles. The number of benzene rings is 2. The molecule has 4 nitrogen and oxygen atoms in total. The molecule has 23 heavy (non-hydrogen) atoms. The fourth-order valence-corrected chi connectivity index (χ4v) is 2.34. The maximum atomic E-state index is 12.3. The van der Waals surface area contributed by atoms with Crippen LogP contribution in [0.2, 0.25) is 0 Å². The van der Waals surface area contributed by atoms with Crippen molar-refractivity contribution in [3.05, 3.63) is 78.6 Å². The molecule has 116 valence electrons. The Labute approximate surface area is 134 Å². The Morgan fingerprint density at radius 1 is 1.13 bits per heavy atom. The molecule has 0 aliphatic rings. The molecule has 3 rings (SSSR count). The third kappa shape index (κ3) is 3.26. The lowest BCUT2D eigenvalue weighted by atomic mass is 10.1. The molecular formula is C19H17NO3. The van der Waals surface area contributed by atoms with Gasteiger partial charge in [-0.2, -0.15) is 0 Å². The maximum absolute atomic E-state index is 12.3. The van der Waals surface area contributed by atoms with E-state index in [0.717, 1.165) is 16.7 Å². The van der Waals surface area contributed by atoms with Crippen LogP contribution in [0.4, 0.5) is 0 Å². The van der Waals surface area contributed by atoms with Crippen LogP contribution in [0, 0.1) is 0 Å². The van der Waals surface area contributed by atoms with E-state index in [1.165, 1.54) is 0 Å². The Balaban J connectivity index is 1.92. The first-order chi connectivity index (χ1) is 11.3. The van der Waals surface area contributed by atoms with E-state index in [2.05, 4.69) is 11.9 Å². The summed E-state index contributed by atoms with van der Waals surface area (Å²) in [5.41, 5.74) is 1.41. The van der Waals surface area contributed by atoms with E-state index < -0.39 is 0 Å². The summed E-state index contributed by atoms with van der Waals surface area (Å²) >= 11 is 0. The second-order valence-electron chi connectivity index (χ2n) is 5.01. The predicted molar refractivity (Wildman–Crippen MR) is 89.5 cm³/mol. The molecule has 0 saturated heterocycles. The highest BCUT2D eigenvalue weighted by Crippen LogP contribution is 2.27. The molecule has 1 heterocycles. The number of hydrogen-bond acceptors (Lipinski definition) is 3. The third-order valence-electron chi connectivity index (χ3n) is 3.44. The summed E-state index contributed by atoms with van der Waals surface area (Å²) in [4.78, 5) is 12.3. The zero-order valence-corrected chi connectivity index (χ0v) is 12.6. The molecule has 0 bridgehead atoms. The van der Waals surface area contributed by atoms with Crippen molar-refractivity contribution in [2.24, 2.45) is 0 Å². The van der Waals surface area contributed by atoms with Crippen molar-refractivity contribution in [3.63, 3.8) is 0 Å². The Kier molecular flexibility index (Phi) is 4.43. The van der Waals surface area contributed by atoms with E-state index in [1.807, 2.05) is 54.6 Å². The van der Waals surface area contributed by atoms with Gasteiger partial charge in [0.25, 0.3) is 5.91 Å². The number of carbonyl (C=O) groups excluding carboxylic acids is 1. The predicted octanol–water partition coefficient (Wildman–Crippen LogP) is 3.93. The molecule has 0 aliphatic heterocycles. The van der Waals surface area contributed by atoms with Gasteiger partial charge in [-0.05, 0) is 18.2 Å². The van der Waals surface area contributed by atoms with Crippen LogP contribution in [0.25, 0.3) is 11.0 Å². The number of hydrogen-bond donors (Lipinski definition) is 1. The topological polar surface area (TPSA) is 51.5 Å². The van der Waals surface area contributed by atoms with E-state index in [-0.39, 0.29) is 18.3 Å². The Morgan fingerprint density at radius 3 is 2.65 bits per heavy atom. The number of furan rings is 1. The molecule has 0 radical (unpaired) electrons. The van der Waals surface area contributed by atoms with Crippen molar-refractivity contribution >= 4 is 16.9 Å². The van der Waals surface area contributed by atoms with E-state index >= 15 is 0 Å². The fraction of sp³-hybridized carbons (Fsp3) is 0.105. The molecular weight excluding hydrogens is 290 g/mol. The average Bonchev–Trinajstić information content (AvgIpc) is 2.97. The lowest BCUT2D eigenvalue weighted by Gasteiger charge is -2.07. The van der Waals surface area contributed by atoms with Crippen LogP contribution in [0.3, 0.4) is 0 Å². The summed E-state index contributed by atoms with van der Waals surface area (Å²) in [5.74, 6) is 0.756. The standard InChI is InChI=1S/C19H17NO3/c1-2-12-20-19(21)18-16(13-22-14-8-4-3-5-9-14)15-10-6-7-11-17(15)23-18/h2-11H,1,12-13H2,(H,20,21). The van der Waals surface area contributed by atoms with Crippen LogP contribution >= 0.6 is 0 Å². The monoisotopic (exact) mass is 307 g/mol. The molecule has 1 amide bonds. The van der Waals surface area contributed by atoms with Crippen molar-refractivity contribution in [2.75, 3.05) is 6.54 Å². The van der Waals surface area contributed by atoms with Gasteiger partial charge in [-0.3, -0.25) is 4.79 Å². The lowest BCUT2D eigenvalue weighted by Crippen LogP contribution is -2.24. The molecule has 0 spiro atoms. The second-order valence-corrected chi connectivity index (χ2v) is 5.01. The van der Waals surface area contributed by atoms with E-state index in [9.17, 15) is 4.79 Å². The molecule has 2 aromatic carbocycles. The van der Waals surface area contributed by atoms with Gasteiger partial charge in [0, 0.05) is 17.5 Å². The summed E-state index contributed by atoms with van der Waals surface area (Å²) in [6, 6.07) is 17.0. The Hall–Kier alpha value is -3.01. The molecule has 3 aromatic rings. The van der Waals surface area contributed by atoms with Gasteiger partial charge in [-0.15, -0.1) is 6.58 Å². The summed E-state index contributed by atoms with van der Waals surface area (Å²) in [6.45, 7) is 4.24. The van der Waals surface area contributed by atoms with Crippen LogP contribution in [0.1, 0.15) is 16.1 Å². The summed E-state index contributed by atoms with van der Waals surface area (Å²) in [7, 11) is 0. The van der Waals surface area contributed by atoms with Crippen molar-refractivity contribution in [1.29, 1.82) is 0 Å². The van der Waals surface area contributed by atoms with Gasteiger partial charge in [0.2, 0.25) is 0 Å². The van der Waals surface area contributed by atoms with Crippen molar-refractivity contribution in [3.8, 4) is 5.75 Å². The van der Waals surface area contributed by atoms with Crippen LogP contribution in [-0.4, -0.2) is 12.5 Å². The lowest BCUT2D eigenvalue weighted by molar-refractivity contribution is 0.0929. The second kappa shape index (κ2) is 6.83. The number of fused-ring (bicyclic) bond motifs is 1. The summed E-state index contributed by atoms with van der Waals surface area (Å²) < 4.78 is 11.5. The number of amides is 1. The smallest absolute Gasteiger partial charge is 0.287 e. The van der Waals surface area contributed by atoms with E-state index in [0.29, 0.717) is 12.1 Å². The van der Waals surface area contributed by atoms with Crippen LogP contribution in [0.15, 0.2) is 71.7 Å². The molecule has 0 fully saturated rings. The molecule has 0 atom stereocenters. The van der Waals surface area contributed by atoms with Crippen molar-refractivity contribution in [2.45, 2.75) is 6.61 Å². The number of nitrogens with one attached hydrogen (secondary N) is 1. The van der Waals surface area contributed by atoms with Gasteiger partial charge in [-0.1, -0.05) is 42.5 Å². The summed E-state index contributed by atoms with van der Waals surface area (Å²) in [5, 5.41) is 3.62. The zero-order valence-electron chi connectivity index (χ0n) is 12.6. The van der Waals surface area contributed by atoms with Gasteiger partial charge >= 0.3 is 0 Å². The maximum Gasteiger partial charge on any atom is 0.287 e. The van der Waals surface area contributed by atoms with Gasteiger partial charge in [-0.25, -0.2) is 0 Å². The van der Waals surface area contributed by atoms with E-state index in [4.69, 9.17) is 9.15 Å². The normalized spacial score (nSPS) is 10.4. The molecule has 0 unspecified atom stereocenters. The minimum absolute atomic E-state index is 0.262. The Morgan fingerprint density at radius 2 is 1.87 bits per heavy atom. The van der Waals surface area contributed by atoms with Gasteiger partial charge in [0.15, 0.2) is 5.76 Å². The largest absolute Gasteiger partial charge is 0.489 e. The molecule has 0 saturated carbocycles. The number of ether oxygens (including phenoxy) is 1. The van der Waals surface area contributed by atoms with Gasteiger partial charge < -0.3 is 14.5 Å². The summed E-state index contributed by atoms with van der Waals surface area (Å²) in [6.07, 6.45) is 1.63. The highest BCUT2D eigenvalue weighted by atomic mass is 16.5. The highest BCUT2D eigenvalue weighted by Gasteiger charge is 2.20. The first-order valence-corrected chi connectivity index (χ1v) is 7.37. The first kappa shape index (κ1) is 14.9. The fourth-order valence-electron chi connectivity index (χ4n) is 2.34.